The summed E-state index contributed by atoms with van der Waals surface area (Å²) in [6.07, 6.45) is 0. The number of fused-ring (bicyclic) bond motifs is 1. The van der Waals surface area contributed by atoms with Gasteiger partial charge >= 0.3 is 0 Å². The van der Waals surface area contributed by atoms with Gasteiger partial charge in [0, 0.05) is 10.9 Å². The molecule has 0 bridgehead atoms. The third kappa shape index (κ3) is 2.90. The number of aromatic nitrogens is 3. The van der Waals surface area contributed by atoms with Crippen LogP contribution in [0.15, 0.2) is 59.4 Å². The summed E-state index contributed by atoms with van der Waals surface area (Å²) in [4.78, 5) is 26.4. The largest absolute Gasteiger partial charge is 0.365 e. The van der Waals surface area contributed by atoms with Crippen molar-refractivity contribution in [3.63, 3.8) is 0 Å². The second-order valence-corrected chi connectivity index (χ2v) is 6.62. The van der Waals surface area contributed by atoms with E-state index in [-0.39, 0.29) is 5.56 Å². The number of amides is 1. The van der Waals surface area contributed by atoms with Crippen molar-refractivity contribution in [3.05, 3.63) is 81.1 Å². The van der Waals surface area contributed by atoms with Crippen molar-refractivity contribution < 1.29 is 4.79 Å². The zero-order valence-corrected chi connectivity index (χ0v) is 15.1. The molecule has 0 aliphatic rings. The van der Waals surface area contributed by atoms with Crippen LogP contribution in [0, 0.1) is 6.92 Å². The Labute approximate surface area is 159 Å². The van der Waals surface area contributed by atoms with Crippen LogP contribution in [0.25, 0.3) is 28.0 Å². The molecule has 7 heteroatoms. The number of aryl methyl sites for hydroxylation is 1. The van der Waals surface area contributed by atoms with Crippen LogP contribution in [0.2, 0.25) is 5.02 Å². The molecule has 0 aliphatic heterocycles. The fourth-order valence-corrected chi connectivity index (χ4v) is 3.23. The normalized spacial score (nSPS) is 11.0. The first-order valence-corrected chi connectivity index (χ1v) is 8.61. The van der Waals surface area contributed by atoms with E-state index in [0.717, 1.165) is 11.1 Å². The highest BCUT2D eigenvalue weighted by molar-refractivity contribution is 6.32. The molecule has 0 unspecified atom stereocenters. The van der Waals surface area contributed by atoms with Crippen molar-refractivity contribution in [1.29, 1.82) is 0 Å². The van der Waals surface area contributed by atoms with Gasteiger partial charge in [0.2, 0.25) is 0 Å². The van der Waals surface area contributed by atoms with Crippen molar-refractivity contribution in [3.8, 4) is 16.9 Å². The topological polar surface area (TPSA) is 93.8 Å². The number of para-hydroxylation sites is 1. The highest BCUT2D eigenvalue weighted by atomic mass is 35.5. The summed E-state index contributed by atoms with van der Waals surface area (Å²) in [5, 5.41) is 5.64. The van der Waals surface area contributed by atoms with Crippen LogP contribution in [0.4, 0.5) is 0 Å². The minimum atomic E-state index is -0.793. The summed E-state index contributed by atoms with van der Waals surface area (Å²) in [6.45, 7) is 2.00. The van der Waals surface area contributed by atoms with E-state index in [1.54, 1.807) is 10.7 Å². The fraction of sp³-hybridized carbons (Fsp3) is 0.0500. The van der Waals surface area contributed by atoms with Crippen molar-refractivity contribution in [2.75, 3.05) is 0 Å². The fourth-order valence-electron chi connectivity index (χ4n) is 3.01. The second kappa shape index (κ2) is 6.41. The van der Waals surface area contributed by atoms with Gasteiger partial charge in [-0.3, -0.25) is 9.59 Å². The maximum atomic E-state index is 12.1. The molecule has 4 aromatic rings. The molecule has 0 atom stereocenters. The smallest absolute Gasteiger partial charge is 0.262 e. The van der Waals surface area contributed by atoms with Gasteiger partial charge in [0.1, 0.15) is 5.56 Å². The lowest BCUT2D eigenvalue weighted by Gasteiger charge is -2.10. The van der Waals surface area contributed by atoms with Crippen LogP contribution in [0.1, 0.15) is 15.9 Å². The number of primary amides is 1. The monoisotopic (exact) mass is 378 g/mol. The first kappa shape index (κ1) is 17.1. The molecule has 2 heterocycles. The van der Waals surface area contributed by atoms with E-state index < -0.39 is 11.5 Å². The molecule has 2 aromatic carbocycles. The van der Waals surface area contributed by atoms with E-state index in [1.807, 2.05) is 49.4 Å². The van der Waals surface area contributed by atoms with E-state index in [2.05, 4.69) is 10.1 Å². The zero-order valence-electron chi connectivity index (χ0n) is 14.4. The van der Waals surface area contributed by atoms with Crippen LogP contribution in [0.3, 0.4) is 0 Å². The Morgan fingerprint density at radius 1 is 1.15 bits per heavy atom. The van der Waals surface area contributed by atoms with Gasteiger partial charge in [0.25, 0.3) is 11.5 Å². The third-order valence-electron chi connectivity index (χ3n) is 4.36. The molecule has 1 amide bonds. The molecule has 2 aromatic heterocycles. The van der Waals surface area contributed by atoms with E-state index in [4.69, 9.17) is 17.3 Å². The van der Waals surface area contributed by atoms with E-state index in [0.29, 0.717) is 27.4 Å². The second-order valence-electron chi connectivity index (χ2n) is 6.22. The van der Waals surface area contributed by atoms with Crippen LogP contribution >= 0.6 is 11.6 Å². The molecular weight excluding hydrogens is 364 g/mol. The standard InChI is InChI=1S/C20H15ClN4O2/c1-11-6-8-12(9-7-11)17-13-10-14(18(22)26)20(27)23-19(13)24-25(17)16-5-3-2-4-15(16)21/h2-10H,1H3,(H2,22,26)(H,23,24,27). The number of nitrogens with two attached hydrogens (primary N) is 1. The predicted octanol–water partition coefficient (Wildman–Crippen LogP) is 3.44. The van der Waals surface area contributed by atoms with Crippen molar-refractivity contribution in [2.24, 2.45) is 5.73 Å². The van der Waals surface area contributed by atoms with Gasteiger partial charge in [-0.05, 0) is 25.1 Å². The lowest BCUT2D eigenvalue weighted by molar-refractivity contribution is 0.0999. The number of carbonyl (C=O) groups is 1. The van der Waals surface area contributed by atoms with Crippen LogP contribution in [0.5, 0.6) is 0 Å². The molecule has 0 fully saturated rings. The number of benzene rings is 2. The summed E-state index contributed by atoms with van der Waals surface area (Å²) < 4.78 is 1.67. The lowest BCUT2D eigenvalue weighted by atomic mass is 10.1. The van der Waals surface area contributed by atoms with Crippen molar-refractivity contribution in [2.45, 2.75) is 6.92 Å². The molecule has 0 radical (unpaired) electrons. The highest BCUT2D eigenvalue weighted by Crippen LogP contribution is 2.32. The van der Waals surface area contributed by atoms with E-state index >= 15 is 0 Å². The van der Waals surface area contributed by atoms with Gasteiger partial charge < -0.3 is 10.7 Å². The number of rotatable bonds is 3. The van der Waals surface area contributed by atoms with E-state index in [9.17, 15) is 9.59 Å². The number of H-pyrrole nitrogens is 1. The number of carbonyl (C=O) groups excluding carboxylic acids is 1. The highest BCUT2D eigenvalue weighted by Gasteiger charge is 2.19. The maximum absolute atomic E-state index is 12.1. The van der Waals surface area contributed by atoms with Crippen LogP contribution in [-0.4, -0.2) is 20.7 Å². The Morgan fingerprint density at radius 3 is 2.52 bits per heavy atom. The number of halogens is 1. The molecule has 0 spiro atoms. The summed E-state index contributed by atoms with van der Waals surface area (Å²) >= 11 is 6.38. The summed E-state index contributed by atoms with van der Waals surface area (Å²) in [6, 6.07) is 16.6. The Kier molecular flexibility index (Phi) is 4.05. The van der Waals surface area contributed by atoms with E-state index in [1.165, 1.54) is 6.07 Å². The molecule has 134 valence electrons. The zero-order chi connectivity index (χ0) is 19.1. The maximum Gasteiger partial charge on any atom is 0.262 e. The molecule has 6 nitrogen and oxygen atoms in total. The number of pyridine rings is 1. The van der Waals surface area contributed by atoms with Gasteiger partial charge in [-0.25, -0.2) is 4.68 Å². The number of hydrogen-bond acceptors (Lipinski definition) is 3. The van der Waals surface area contributed by atoms with Crippen molar-refractivity contribution >= 4 is 28.5 Å². The van der Waals surface area contributed by atoms with Crippen molar-refractivity contribution in [1.82, 2.24) is 14.8 Å². The Hall–Kier alpha value is -3.38. The van der Waals surface area contributed by atoms with Crippen LogP contribution in [-0.2, 0) is 0 Å². The number of nitrogens with one attached hydrogen (secondary N) is 1. The molecule has 0 aliphatic carbocycles. The Balaban J connectivity index is 2.12. The summed E-state index contributed by atoms with van der Waals surface area (Å²) in [7, 11) is 0. The average Bonchev–Trinajstić information content (AvgIpc) is 3.00. The minimum absolute atomic E-state index is 0.116. The quantitative estimate of drug-likeness (QED) is 0.571. The Bertz CT molecular complexity index is 1240. The number of hydrogen-bond donors (Lipinski definition) is 2. The van der Waals surface area contributed by atoms with Gasteiger partial charge in [0.15, 0.2) is 5.65 Å². The predicted molar refractivity (Wildman–Crippen MR) is 105 cm³/mol. The molecule has 0 saturated carbocycles. The third-order valence-corrected chi connectivity index (χ3v) is 4.68. The lowest BCUT2D eigenvalue weighted by Crippen LogP contribution is -2.23. The first-order valence-electron chi connectivity index (χ1n) is 8.23. The SMILES string of the molecule is Cc1ccc(-c2c3cc(C(N)=O)c(=O)[nH]c3nn2-c2ccccc2Cl)cc1. The number of nitrogens with zero attached hydrogens (tertiary/aromatic N) is 2. The molecular formula is C20H15ClN4O2. The number of aromatic amines is 1. The first-order chi connectivity index (χ1) is 13.0. The van der Waals surface area contributed by atoms with Crippen LogP contribution < -0.4 is 11.3 Å². The average molecular weight is 379 g/mol. The minimum Gasteiger partial charge on any atom is -0.365 e. The molecule has 4 rings (SSSR count). The van der Waals surface area contributed by atoms with Gasteiger partial charge in [0.05, 0.1) is 16.4 Å². The van der Waals surface area contributed by atoms with Gasteiger partial charge in [-0.15, -0.1) is 5.10 Å². The summed E-state index contributed by atoms with van der Waals surface area (Å²) in [5.41, 5.74) is 8.35. The summed E-state index contributed by atoms with van der Waals surface area (Å²) in [5.74, 6) is -0.793. The molecule has 27 heavy (non-hydrogen) atoms. The Morgan fingerprint density at radius 2 is 1.85 bits per heavy atom. The molecule has 3 N–H and O–H groups in total. The van der Waals surface area contributed by atoms with Gasteiger partial charge in [-0.1, -0.05) is 53.6 Å². The van der Waals surface area contributed by atoms with Gasteiger partial charge in [-0.2, -0.15) is 0 Å². The molecule has 0 saturated heterocycles.